The molecule has 0 atom stereocenters. The van der Waals surface area contributed by atoms with E-state index in [1.165, 1.54) is 6.07 Å². The number of hydrogen-bond acceptors (Lipinski definition) is 4. The van der Waals surface area contributed by atoms with E-state index in [9.17, 15) is 9.18 Å². The third-order valence-electron chi connectivity index (χ3n) is 5.12. The van der Waals surface area contributed by atoms with E-state index in [1.807, 2.05) is 42.7 Å². The second-order valence-corrected chi connectivity index (χ2v) is 7.92. The highest BCUT2D eigenvalue weighted by Crippen LogP contribution is 2.27. The summed E-state index contributed by atoms with van der Waals surface area (Å²) < 4.78 is 27.0. The summed E-state index contributed by atoms with van der Waals surface area (Å²) >= 11 is 5.83. The molecule has 0 unspecified atom stereocenters. The maximum Gasteiger partial charge on any atom is 0.305 e. The van der Waals surface area contributed by atoms with Crippen LogP contribution >= 0.6 is 11.6 Å². The van der Waals surface area contributed by atoms with E-state index >= 15 is 0 Å². The lowest BCUT2D eigenvalue weighted by atomic mass is 10.1. The van der Waals surface area contributed by atoms with E-state index in [0.29, 0.717) is 37.6 Å². The van der Waals surface area contributed by atoms with Crippen molar-refractivity contribution >= 4 is 17.6 Å². The van der Waals surface area contributed by atoms with Gasteiger partial charge >= 0.3 is 5.97 Å². The van der Waals surface area contributed by atoms with Gasteiger partial charge in [0.2, 0.25) is 0 Å². The fourth-order valence-electron chi connectivity index (χ4n) is 3.44. The molecule has 0 amide bonds. The van der Waals surface area contributed by atoms with Crippen LogP contribution in [0.1, 0.15) is 43.9 Å². The zero-order chi connectivity index (χ0) is 22.9. The molecule has 0 aliphatic rings. The van der Waals surface area contributed by atoms with Crippen molar-refractivity contribution < 1.29 is 18.7 Å². The van der Waals surface area contributed by atoms with Crippen LogP contribution in [-0.4, -0.2) is 28.7 Å². The van der Waals surface area contributed by atoms with Crippen LogP contribution in [0.5, 0.6) is 5.75 Å². The van der Waals surface area contributed by atoms with Crippen LogP contribution in [0.4, 0.5) is 4.39 Å². The summed E-state index contributed by atoms with van der Waals surface area (Å²) in [4.78, 5) is 15.9. The van der Waals surface area contributed by atoms with Crippen LogP contribution in [-0.2, 0) is 16.1 Å². The Labute approximate surface area is 193 Å². The molecule has 3 aromatic rings. The van der Waals surface area contributed by atoms with Crippen molar-refractivity contribution in [3.8, 4) is 17.1 Å². The minimum Gasteiger partial charge on any atom is -0.493 e. The number of benzene rings is 2. The third kappa shape index (κ3) is 6.33. The first-order valence-corrected chi connectivity index (χ1v) is 11.2. The van der Waals surface area contributed by atoms with Crippen LogP contribution in [0.15, 0.2) is 48.7 Å². The summed E-state index contributed by atoms with van der Waals surface area (Å²) in [5, 5.41) is 0.0876. The summed E-state index contributed by atoms with van der Waals surface area (Å²) in [7, 11) is 0. The summed E-state index contributed by atoms with van der Waals surface area (Å²) in [5.41, 5.74) is 2.64. The Morgan fingerprint density at radius 1 is 1.16 bits per heavy atom. The first kappa shape index (κ1) is 23.8. The molecule has 3 rings (SSSR count). The molecular weight excluding hydrogens is 431 g/mol. The van der Waals surface area contributed by atoms with E-state index in [4.69, 9.17) is 21.1 Å². The van der Waals surface area contributed by atoms with Crippen LogP contribution in [0.2, 0.25) is 5.02 Å². The minimum absolute atomic E-state index is 0.0876. The Hall–Kier alpha value is -2.86. The minimum atomic E-state index is -0.469. The molecule has 0 radical (unpaired) electrons. The number of unbranched alkanes of at least 4 members (excludes halogenated alkanes) is 2. The van der Waals surface area contributed by atoms with Crippen molar-refractivity contribution in [1.29, 1.82) is 0 Å². The first-order valence-electron chi connectivity index (χ1n) is 10.8. The van der Waals surface area contributed by atoms with Gasteiger partial charge in [0.1, 0.15) is 17.4 Å². The molecule has 5 nitrogen and oxygen atoms in total. The molecule has 1 heterocycles. The lowest BCUT2D eigenvalue weighted by Crippen LogP contribution is -2.07. The van der Waals surface area contributed by atoms with Crippen molar-refractivity contribution in [2.24, 2.45) is 0 Å². The monoisotopic (exact) mass is 458 g/mol. The number of nitrogens with zero attached hydrogens (tertiary/aromatic N) is 2. The van der Waals surface area contributed by atoms with E-state index in [0.717, 1.165) is 36.3 Å². The average molecular weight is 459 g/mol. The number of rotatable bonds is 11. The number of carbonyl (C=O) groups excluding carboxylic acids is 1. The summed E-state index contributed by atoms with van der Waals surface area (Å²) in [6, 6.07) is 12.6. The second-order valence-electron chi connectivity index (χ2n) is 7.51. The summed E-state index contributed by atoms with van der Waals surface area (Å²) in [5.74, 6) is 0.861. The van der Waals surface area contributed by atoms with Gasteiger partial charge in [-0.05, 0) is 57.4 Å². The van der Waals surface area contributed by atoms with Gasteiger partial charge in [-0.3, -0.25) is 4.79 Å². The molecule has 0 bridgehead atoms. The van der Waals surface area contributed by atoms with E-state index < -0.39 is 5.82 Å². The standard InChI is InChI=1S/C25H28ClFN2O3/c1-3-31-24(30)11-5-4-8-14-32-23-10-7-6-9-20(23)17-29-18(2)16-28-25(29)19-12-13-21(26)22(27)15-19/h6-7,9-10,12-13,15-16H,3-5,8,11,14,17H2,1-2H3. The molecule has 0 saturated carbocycles. The lowest BCUT2D eigenvalue weighted by molar-refractivity contribution is -0.143. The Morgan fingerprint density at radius 3 is 2.75 bits per heavy atom. The van der Waals surface area contributed by atoms with Crippen LogP contribution in [0, 0.1) is 12.7 Å². The predicted octanol–water partition coefficient (Wildman–Crippen LogP) is 6.20. The van der Waals surface area contributed by atoms with Gasteiger partial charge in [0.25, 0.3) is 0 Å². The number of aryl methyl sites for hydroxylation is 1. The Bertz CT molecular complexity index is 1050. The van der Waals surface area contributed by atoms with Crippen LogP contribution in [0.25, 0.3) is 11.4 Å². The smallest absolute Gasteiger partial charge is 0.305 e. The highest BCUT2D eigenvalue weighted by atomic mass is 35.5. The number of ether oxygens (including phenoxy) is 2. The Kier molecular flexibility index (Phi) is 8.68. The van der Waals surface area contributed by atoms with Crippen LogP contribution in [0.3, 0.4) is 0 Å². The van der Waals surface area contributed by atoms with E-state index in [1.54, 1.807) is 18.3 Å². The topological polar surface area (TPSA) is 53.4 Å². The van der Waals surface area contributed by atoms with Gasteiger partial charge in [0.15, 0.2) is 0 Å². The Balaban J connectivity index is 1.64. The molecule has 0 fully saturated rings. The van der Waals surface area contributed by atoms with Gasteiger partial charge in [-0.15, -0.1) is 0 Å². The SMILES string of the molecule is CCOC(=O)CCCCCOc1ccccc1Cn1c(C)cnc1-c1ccc(Cl)c(F)c1. The molecule has 7 heteroatoms. The van der Waals surface area contributed by atoms with Crippen molar-refractivity contribution in [1.82, 2.24) is 9.55 Å². The number of carbonyl (C=O) groups is 1. The predicted molar refractivity (Wildman–Crippen MR) is 124 cm³/mol. The lowest BCUT2D eigenvalue weighted by Gasteiger charge is -2.15. The Morgan fingerprint density at radius 2 is 1.97 bits per heavy atom. The summed E-state index contributed by atoms with van der Waals surface area (Å²) in [6.07, 6.45) is 4.76. The van der Waals surface area contributed by atoms with Gasteiger partial charge in [0, 0.05) is 29.4 Å². The number of aromatic nitrogens is 2. The average Bonchev–Trinajstić information content (AvgIpc) is 3.14. The number of esters is 1. The molecule has 0 aliphatic carbocycles. The molecule has 0 aliphatic heterocycles. The fraction of sp³-hybridized carbons (Fsp3) is 0.360. The van der Waals surface area contributed by atoms with Crippen molar-refractivity contribution in [2.75, 3.05) is 13.2 Å². The van der Waals surface area contributed by atoms with E-state index in [-0.39, 0.29) is 11.0 Å². The number of imidazole rings is 1. The van der Waals surface area contributed by atoms with Crippen LogP contribution < -0.4 is 4.74 Å². The number of halogens is 2. The van der Waals surface area contributed by atoms with Crippen molar-refractivity contribution in [3.05, 3.63) is 70.8 Å². The summed E-state index contributed by atoms with van der Waals surface area (Å²) in [6.45, 7) is 5.31. The third-order valence-corrected chi connectivity index (χ3v) is 5.43. The van der Waals surface area contributed by atoms with Gasteiger partial charge in [-0.2, -0.15) is 0 Å². The largest absolute Gasteiger partial charge is 0.493 e. The molecular formula is C25H28ClFN2O3. The van der Waals surface area contributed by atoms with Crippen molar-refractivity contribution in [2.45, 2.75) is 46.1 Å². The quantitative estimate of drug-likeness (QED) is 0.253. The van der Waals surface area contributed by atoms with Crippen molar-refractivity contribution in [3.63, 3.8) is 0 Å². The molecule has 32 heavy (non-hydrogen) atoms. The van der Waals surface area contributed by atoms with Gasteiger partial charge in [0.05, 0.1) is 24.8 Å². The van der Waals surface area contributed by atoms with Gasteiger partial charge in [-0.25, -0.2) is 9.37 Å². The van der Waals surface area contributed by atoms with Gasteiger partial charge < -0.3 is 14.0 Å². The first-order chi connectivity index (χ1) is 15.5. The zero-order valence-corrected chi connectivity index (χ0v) is 19.2. The van der Waals surface area contributed by atoms with E-state index in [2.05, 4.69) is 4.98 Å². The molecule has 1 aromatic heterocycles. The van der Waals surface area contributed by atoms with Gasteiger partial charge in [-0.1, -0.05) is 29.8 Å². The number of hydrogen-bond donors (Lipinski definition) is 0. The number of para-hydroxylation sites is 1. The normalized spacial score (nSPS) is 10.9. The highest BCUT2D eigenvalue weighted by molar-refractivity contribution is 6.30. The zero-order valence-electron chi connectivity index (χ0n) is 18.4. The molecule has 2 aromatic carbocycles. The molecule has 0 saturated heterocycles. The molecule has 0 N–H and O–H groups in total. The fourth-order valence-corrected chi connectivity index (χ4v) is 3.55. The highest BCUT2D eigenvalue weighted by Gasteiger charge is 2.14. The second kappa shape index (κ2) is 11.7. The maximum atomic E-state index is 14.0. The molecule has 0 spiro atoms. The maximum absolute atomic E-state index is 14.0. The molecule has 170 valence electrons.